The Morgan fingerprint density at radius 1 is 1.30 bits per heavy atom. The maximum Gasteiger partial charge on any atom is 0.167 e. The van der Waals surface area contributed by atoms with Gasteiger partial charge in [-0.2, -0.15) is 0 Å². The summed E-state index contributed by atoms with van der Waals surface area (Å²) in [6.07, 6.45) is 0.822. The Balaban J connectivity index is 2.02. The Labute approximate surface area is 122 Å². The zero-order chi connectivity index (χ0) is 14.3. The lowest BCUT2D eigenvalue weighted by atomic mass is 10.1. The number of hydrogen-bond acceptors (Lipinski definition) is 7. The van der Waals surface area contributed by atoms with Crippen LogP contribution in [-0.4, -0.2) is 48.0 Å². The van der Waals surface area contributed by atoms with E-state index in [4.69, 9.17) is 10.5 Å². The van der Waals surface area contributed by atoms with E-state index in [0.29, 0.717) is 11.2 Å². The van der Waals surface area contributed by atoms with E-state index in [2.05, 4.69) is 30.9 Å². The SMILES string of the molecule is Nc1ncnc2c1ncn2[C@H]1O[C@@H](/C=C\Br)[C@H](O)[C@@H]1O. The highest BCUT2D eigenvalue weighted by atomic mass is 79.9. The largest absolute Gasteiger partial charge is 0.387 e. The highest BCUT2D eigenvalue weighted by Crippen LogP contribution is 2.32. The summed E-state index contributed by atoms with van der Waals surface area (Å²) >= 11 is 3.12. The van der Waals surface area contributed by atoms with E-state index in [9.17, 15) is 10.2 Å². The first-order valence-electron chi connectivity index (χ1n) is 5.85. The Bertz CT molecular complexity index is 661. The molecule has 1 saturated heterocycles. The molecule has 0 radical (unpaired) electrons. The van der Waals surface area contributed by atoms with Crippen LogP contribution in [0.4, 0.5) is 5.82 Å². The van der Waals surface area contributed by atoms with Gasteiger partial charge >= 0.3 is 0 Å². The van der Waals surface area contributed by atoms with Gasteiger partial charge in [-0.1, -0.05) is 15.9 Å². The van der Waals surface area contributed by atoms with Gasteiger partial charge < -0.3 is 20.7 Å². The first kappa shape index (κ1) is 13.4. The Morgan fingerprint density at radius 2 is 2.10 bits per heavy atom. The van der Waals surface area contributed by atoms with Gasteiger partial charge in [0.25, 0.3) is 0 Å². The molecule has 9 heteroatoms. The van der Waals surface area contributed by atoms with Crippen LogP contribution < -0.4 is 5.73 Å². The third-order valence-corrected chi connectivity index (χ3v) is 3.50. The van der Waals surface area contributed by atoms with Crippen LogP contribution in [0.25, 0.3) is 11.2 Å². The van der Waals surface area contributed by atoms with Crippen LogP contribution in [0.15, 0.2) is 23.7 Å². The first-order valence-corrected chi connectivity index (χ1v) is 6.76. The maximum atomic E-state index is 10.1. The fourth-order valence-electron chi connectivity index (χ4n) is 2.20. The zero-order valence-corrected chi connectivity index (χ0v) is 11.8. The molecule has 8 nitrogen and oxygen atoms in total. The number of anilines is 1. The van der Waals surface area contributed by atoms with Gasteiger partial charge in [-0.25, -0.2) is 15.0 Å². The van der Waals surface area contributed by atoms with Crippen molar-refractivity contribution in [2.75, 3.05) is 5.73 Å². The molecular weight excluding hydrogens is 330 g/mol. The van der Waals surface area contributed by atoms with Gasteiger partial charge in [-0.05, 0) is 11.1 Å². The number of fused-ring (bicyclic) bond motifs is 1. The summed E-state index contributed by atoms with van der Waals surface area (Å²) in [5.41, 5.74) is 6.58. The van der Waals surface area contributed by atoms with E-state index in [0.717, 1.165) is 0 Å². The second-order valence-corrected chi connectivity index (χ2v) is 4.90. The molecule has 0 spiro atoms. The molecule has 106 valence electrons. The van der Waals surface area contributed by atoms with Crippen molar-refractivity contribution < 1.29 is 14.9 Å². The lowest BCUT2D eigenvalue weighted by molar-refractivity contribution is -0.0244. The second-order valence-electron chi connectivity index (χ2n) is 4.37. The van der Waals surface area contributed by atoms with Gasteiger partial charge in [0.15, 0.2) is 17.7 Å². The minimum absolute atomic E-state index is 0.249. The lowest BCUT2D eigenvalue weighted by Crippen LogP contribution is -2.30. The van der Waals surface area contributed by atoms with Gasteiger partial charge in [0.2, 0.25) is 0 Å². The standard InChI is InChI=1S/C11H12BrN5O3/c12-2-1-5-7(18)8(19)11(20-5)17-4-16-6-9(13)14-3-15-10(6)17/h1-5,7-8,11,18-19H,(H2,13,14,15)/b2-1-/t5-,7-,8-,11-/m0/s1. The summed E-state index contributed by atoms with van der Waals surface area (Å²) in [5, 5.41) is 20.1. The normalized spacial score (nSPS) is 30.6. The van der Waals surface area contributed by atoms with Crippen molar-refractivity contribution in [2.45, 2.75) is 24.5 Å². The molecule has 0 bridgehead atoms. The van der Waals surface area contributed by atoms with E-state index in [1.54, 1.807) is 11.1 Å². The van der Waals surface area contributed by atoms with E-state index in [1.807, 2.05) is 0 Å². The molecule has 0 unspecified atom stereocenters. The second kappa shape index (κ2) is 5.09. The molecule has 2 aromatic heterocycles. The molecule has 1 fully saturated rings. The minimum Gasteiger partial charge on any atom is -0.387 e. The summed E-state index contributed by atoms with van der Waals surface area (Å²) in [4.78, 5) is 13.6. The number of aliphatic hydroxyl groups is 2. The number of aliphatic hydroxyl groups excluding tert-OH is 2. The lowest BCUT2D eigenvalue weighted by Gasteiger charge is -2.16. The van der Waals surface area contributed by atoms with E-state index in [1.165, 1.54) is 17.2 Å². The van der Waals surface area contributed by atoms with E-state index >= 15 is 0 Å². The number of aromatic nitrogens is 4. The number of ether oxygens (including phenoxy) is 1. The third-order valence-electron chi connectivity index (χ3n) is 3.20. The van der Waals surface area contributed by atoms with E-state index < -0.39 is 24.5 Å². The molecule has 4 atom stereocenters. The number of imidazole rings is 1. The fourth-order valence-corrected chi connectivity index (χ4v) is 2.50. The molecule has 2 aromatic rings. The predicted molar refractivity (Wildman–Crippen MR) is 73.7 cm³/mol. The van der Waals surface area contributed by atoms with Crippen LogP contribution in [0.5, 0.6) is 0 Å². The maximum absolute atomic E-state index is 10.1. The number of nitrogens with zero attached hydrogens (tertiary/aromatic N) is 4. The van der Waals surface area contributed by atoms with Crippen LogP contribution >= 0.6 is 15.9 Å². The molecule has 0 amide bonds. The molecule has 0 aliphatic carbocycles. The molecule has 0 saturated carbocycles. The number of nitrogen functional groups attached to an aromatic ring is 1. The van der Waals surface area contributed by atoms with Crippen molar-refractivity contribution >= 4 is 32.9 Å². The number of rotatable bonds is 2. The summed E-state index contributed by atoms with van der Waals surface area (Å²) in [5.74, 6) is 0.249. The Morgan fingerprint density at radius 3 is 2.85 bits per heavy atom. The quantitative estimate of drug-likeness (QED) is 0.699. The van der Waals surface area contributed by atoms with Crippen LogP contribution in [-0.2, 0) is 4.74 Å². The molecule has 1 aliphatic heterocycles. The highest BCUT2D eigenvalue weighted by Gasteiger charge is 2.43. The van der Waals surface area contributed by atoms with Gasteiger partial charge in [0.1, 0.15) is 30.2 Å². The van der Waals surface area contributed by atoms with Crippen molar-refractivity contribution in [3.8, 4) is 0 Å². The summed E-state index contributed by atoms with van der Waals surface area (Å²) < 4.78 is 7.15. The summed E-state index contributed by atoms with van der Waals surface area (Å²) in [7, 11) is 0. The molecule has 3 rings (SSSR count). The molecule has 1 aliphatic rings. The van der Waals surface area contributed by atoms with Crippen molar-refractivity contribution in [3.05, 3.63) is 23.7 Å². The fraction of sp³-hybridized carbons (Fsp3) is 0.364. The monoisotopic (exact) mass is 341 g/mol. The molecule has 4 N–H and O–H groups in total. The molecule has 20 heavy (non-hydrogen) atoms. The van der Waals surface area contributed by atoms with Gasteiger partial charge in [-0.3, -0.25) is 4.57 Å². The number of hydrogen-bond donors (Lipinski definition) is 3. The van der Waals surface area contributed by atoms with Crippen LogP contribution in [0.3, 0.4) is 0 Å². The number of halogens is 1. The zero-order valence-electron chi connectivity index (χ0n) is 10.2. The van der Waals surface area contributed by atoms with Crippen molar-refractivity contribution in [3.63, 3.8) is 0 Å². The molecule has 0 aromatic carbocycles. The van der Waals surface area contributed by atoms with Crippen LogP contribution in [0.2, 0.25) is 0 Å². The summed E-state index contributed by atoms with van der Waals surface area (Å²) in [6.45, 7) is 0. The summed E-state index contributed by atoms with van der Waals surface area (Å²) in [6, 6.07) is 0. The van der Waals surface area contributed by atoms with Crippen LogP contribution in [0.1, 0.15) is 6.23 Å². The van der Waals surface area contributed by atoms with E-state index in [-0.39, 0.29) is 5.82 Å². The average molecular weight is 342 g/mol. The van der Waals surface area contributed by atoms with Crippen LogP contribution in [0, 0.1) is 0 Å². The first-order chi connectivity index (χ1) is 9.63. The molecular formula is C11H12BrN5O3. The highest BCUT2D eigenvalue weighted by molar-refractivity contribution is 9.11. The van der Waals surface area contributed by atoms with Gasteiger partial charge in [0.05, 0.1) is 6.33 Å². The molecule has 3 heterocycles. The Hall–Kier alpha value is -1.55. The smallest absolute Gasteiger partial charge is 0.167 e. The average Bonchev–Trinajstić information content (AvgIpc) is 2.97. The van der Waals surface area contributed by atoms with Crippen molar-refractivity contribution in [2.24, 2.45) is 0 Å². The predicted octanol–water partition coefficient (Wildman–Crippen LogP) is -0.0637. The topological polar surface area (TPSA) is 119 Å². The van der Waals surface area contributed by atoms with Gasteiger partial charge in [0, 0.05) is 0 Å². The third kappa shape index (κ3) is 1.99. The minimum atomic E-state index is -1.10. The van der Waals surface area contributed by atoms with Gasteiger partial charge in [-0.15, -0.1) is 0 Å². The number of nitrogens with two attached hydrogens (primary N) is 1. The van der Waals surface area contributed by atoms with Crippen molar-refractivity contribution in [1.29, 1.82) is 0 Å². The Kier molecular flexibility index (Phi) is 3.42. The van der Waals surface area contributed by atoms with Crippen molar-refractivity contribution in [1.82, 2.24) is 19.5 Å².